The molecule has 4 heteroatoms. The monoisotopic (exact) mass is 278 g/mol. The van der Waals surface area contributed by atoms with E-state index in [2.05, 4.69) is 0 Å². The number of aryl methyl sites for hydroxylation is 1. The van der Waals surface area contributed by atoms with Gasteiger partial charge in [0.05, 0.1) is 18.6 Å². The van der Waals surface area contributed by atoms with Crippen LogP contribution in [0.1, 0.15) is 30.4 Å². The number of aliphatic carboxylic acids is 1. The molecule has 20 heavy (non-hydrogen) atoms. The standard InChI is InChI=1S/C16H22O4/c1-19-11-12-20-10-9-16(15(17)18)8-4-6-13-5-2-3-7-14(13)16/h2-3,5,7H,4,6,8-12H2,1H3,(H,17,18). The number of rotatable bonds is 7. The number of hydrogen-bond acceptors (Lipinski definition) is 3. The molecule has 0 bridgehead atoms. The Kier molecular flexibility index (Phi) is 5.15. The summed E-state index contributed by atoms with van der Waals surface area (Å²) in [6, 6.07) is 7.90. The van der Waals surface area contributed by atoms with Gasteiger partial charge in [-0.2, -0.15) is 0 Å². The van der Waals surface area contributed by atoms with Crippen molar-refractivity contribution in [2.75, 3.05) is 26.9 Å². The fourth-order valence-corrected chi connectivity index (χ4v) is 3.00. The lowest BCUT2D eigenvalue weighted by Crippen LogP contribution is -2.40. The Hall–Kier alpha value is -1.39. The molecule has 1 aromatic carbocycles. The molecule has 110 valence electrons. The zero-order chi connectivity index (χ0) is 14.4. The van der Waals surface area contributed by atoms with E-state index in [9.17, 15) is 9.90 Å². The van der Waals surface area contributed by atoms with Gasteiger partial charge < -0.3 is 14.6 Å². The van der Waals surface area contributed by atoms with Crippen LogP contribution >= 0.6 is 0 Å². The summed E-state index contributed by atoms with van der Waals surface area (Å²) >= 11 is 0. The molecule has 1 atom stereocenters. The first-order valence-electron chi connectivity index (χ1n) is 7.09. The van der Waals surface area contributed by atoms with Crippen molar-refractivity contribution in [3.63, 3.8) is 0 Å². The van der Waals surface area contributed by atoms with Gasteiger partial charge in [-0.25, -0.2) is 0 Å². The zero-order valence-corrected chi connectivity index (χ0v) is 11.9. The van der Waals surface area contributed by atoms with Crippen LogP contribution in [-0.2, 0) is 26.1 Å². The molecule has 0 amide bonds. The van der Waals surface area contributed by atoms with E-state index in [0.29, 0.717) is 32.7 Å². The Morgan fingerprint density at radius 1 is 1.30 bits per heavy atom. The van der Waals surface area contributed by atoms with Crippen LogP contribution in [0.3, 0.4) is 0 Å². The number of carboxylic acid groups (broad SMARTS) is 1. The summed E-state index contributed by atoms with van der Waals surface area (Å²) in [6.07, 6.45) is 3.09. The summed E-state index contributed by atoms with van der Waals surface area (Å²) in [6.45, 7) is 1.49. The molecule has 0 aromatic heterocycles. The lowest BCUT2D eigenvalue weighted by molar-refractivity contribution is -0.145. The second-order valence-electron chi connectivity index (χ2n) is 5.25. The van der Waals surface area contributed by atoms with E-state index in [1.807, 2.05) is 24.3 Å². The third-order valence-corrected chi connectivity index (χ3v) is 4.10. The highest BCUT2D eigenvalue weighted by molar-refractivity contribution is 5.82. The van der Waals surface area contributed by atoms with Crippen molar-refractivity contribution in [1.82, 2.24) is 0 Å². The molecule has 4 nitrogen and oxygen atoms in total. The number of benzene rings is 1. The molecular weight excluding hydrogens is 256 g/mol. The van der Waals surface area contributed by atoms with Gasteiger partial charge in [0.2, 0.25) is 0 Å². The van der Waals surface area contributed by atoms with Crippen molar-refractivity contribution in [3.05, 3.63) is 35.4 Å². The molecule has 0 heterocycles. The molecule has 0 spiro atoms. The largest absolute Gasteiger partial charge is 0.481 e. The number of ether oxygens (including phenoxy) is 2. The van der Waals surface area contributed by atoms with Gasteiger partial charge in [-0.3, -0.25) is 4.79 Å². The molecule has 1 aromatic rings. The normalized spacial score (nSPS) is 21.4. The van der Waals surface area contributed by atoms with Crippen molar-refractivity contribution in [2.24, 2.45) is 0 Å². The van der Waals surface area contributed by atoms with Crippen LogP contribution in [0.4, 0.5) is 0 Å². The van der Waals surface area contributed by atoms with Crippen LogP contribution in [0.2, 0.25) is 0 Å². The smallest absolute Gasteiger partial charge is 0.314 e. The number of carbonyl (C=O) groups is 1. The molecule has 0 fully saturated rings. The molecule has 2 rings (SSSR count). The van der Waals surface area contributed by atoms with Crippen LogP contribution in [0.5, 0.6) is 0 Å². The van der Waals surface area contributed by atoms with Crippen LogP contribution in [-0.4, -0.2) is 38.0 Å². The van der Waals surface area contributed by atoms with E-state index >= 15 is 0 Å². The first kappa shape index (κ1) is 15.0. The second kappa shape index (κ2) is 6.86. The molecule has 0 saturated heterocycles. The minimum atomic E-state index is -0.790. The number of hydrogen-bond donors (Lipinski definition) is 1. The molecule has 1 N–H and O–H groups in total. The van der Waals surface area contributed by atoms with Crippen molar-refractivity contribution in [2.45, 2.75) is 31.1 Å². The van der Waals surface area contributed by atoms with Crippen molar-refractivity contribution < 1.29 is 19.4 Å². The first-order valence-corrected chi connectivity index (χ1v) is 7.09. The highest BCUT2D eigenvalue weighted by atomic mass is 16.5. The lowest BCUT2D eigenvalue weighted by atomic mass is 9.68. The van der Waals surface area contributed by atoms with Crippen molar-refractivity contribution >= 4 is 5.97 Å². The van der Waals surface area contributed by atoms with E-state index in [4.69, 9.17) is 9.47 Å². The van der Waals surface area contributed by atoms with Gasteiger partial charge in [0.25, 0.3) is 0 Å². The minimum Gasteiger partial charge on any atom is -0.481 e. The Morgan fingerprint density at radius 2 is 2.10 bits per heavy atom. The van der Waals surface area contributed by atoms with Gasteiger partial charge >= 0.3 is 5.97 Å². The maximum atomic E-state index is 11.9. The Morgan fingerprint density at radius 3 is 2.85 bits per heavy atom. The highest BCUT2D eigenvalue weighted by Crippen LogP contribution is 2.40. The average molecular weight is 278 g/mol. The Bertz CT molecular complexity index is 458. The third kappa shape index (κ3) is 3.02. The average Bonchev–Trinajstić information content (AvgIpc) is 2.47. The molecule has 0 saturated carbocycles. The molecule has 1 unspecified atom stereocenters. The molecule has 1 aliphatic carbocycles. The van der Waals surface area contributed by atoms with Gasteiger partial charge in [-0.15, -0.1) is 0 Å². The van der Waals surface area contributed by atoms with E-state index in [0.717, 1.165) is 24.0 Å². The first-order chi connectivity index (χ1) is 9.70. The lowest BCUT2D eigenvalue weighted by Gasteiger charge is -2.35. The van der Waals surface area contributed by atoms with Crippen molar-refractivity contribution in [1.29, 1.82) is 0 Å². The Labute approximate surface area is 119 Å². The predicted octanol–water partition coefficient (Wildman–Crippen LogP) is 2.40. The third-order valence-electron chi connectivity index (χ3n) is 4.10. The van der Waals surface area contributed by atoms with E-state index in [1.54, 1.807) is 7.11 Å². The Balaban J connectivity index is 2.13. The molecule has 1 aliphatic rings. The SMILES string of the molecule is COCCOCCC1(C(=O)O)CCCc2ccccc21. The summed E-state index contributed by atoms with van der Waals surface area (Å²) in [5, 5.41) is 9.76. The topological polar surface area (TPSA) is 55.8 Å². The van der Waals surface area contributed by atoms with Crippen LogP contribution in [0.25, 0.3) is 0 Å². The van der Waals surface area contributed by atoms with Crippen LogP contribution < -0.4 is 0 Å². The van der Waals surface area contributed by atoms with Gasteiger partial charge in [0.15, 0.2) is 0 Å². The van der Waals surface area contributed by atoms with Gasteiger partial charge in [-0.05, 0) is 36.8 Å². The fourth-order valence-electron chi connectivity index (χ4n) is 3.00. The molecule has 0 aliphatic heterocycles. The van der Waals surface area contributed by atoms with E-state index in [-0.39, 0.29) is 0 Å². The summed E-state index contributed by atoms with van der Waals surface area (Å²) in [5.41, 5.74) is 1.34. The van der Waals surface area contributed by atoms with E-state index < -0.39 is 11.4 Å². The quantitative estimate of drug-likeness (QED) is 0.778. The summed E-state index contributed by atoms with van der Waals surface area (Å²) < 4.78 is 10.4. The summed E-state index contributed by atoms with van der Waals surface area (Å²) in [4.78, 5) is 11.9. The minimum absolute atomic E-state index is 0.448. The zero-order valence-electron chi connectivity index (χ0n) is 11.9. The van der Waals surface area contributed by atoms with Gasteiger partial charge in [0, 0.05) is 13.7 Å². The number of carboxylic acids is 1. The number of methoxy groups -OCH3 is 1. The number of fused-ring (bicyclic) bond motifs is 1. The van der Waals surface area contributed by atoms with E-state index in [1.165, 1.54) is 0 Å². The van der Waals surface area contributed by atoms with Gasteiger partial charge in [0.1, 0.15) is 0 Å². The maximum absolute atomic E-state index is 11.9. The van der Waals surface area contributed by atoms with Gasteiger partial charge in [-0.1, -0.05) is 24.3 Å². The summed E-state index contributed by atoms with van der Waals surface area (Å²) in [5.74, 6) is -0.736. The maximum Gasteiger partial charge on any atom is 0.314 e. The predicted molar refractivity (Wildman–Crippen MR) is 76.0 cm³/mol. The van der Waals surface area contributed by atoms with Crippen LogP contribution in [0, 0.1) is 0 Å². The fraction of sp³-hybridized carbons (Fsp3) is 0.562. The highest BCUT2D eigenvalue weighted by Gasteiger charge is 2.42. The summed E-state index contributed by atoms with van der Waals surface area (Å²) in [7, 11) is 1.62. The van der Waals surface area contributed by atoms with Crippen molar-refractivity contribution in [3.8, 4) is 0 Å². The second-order valence-corrected chi connectivity index (χ2v) is 5.25. The van der Waals surface area contributed by atoms with Crippen LogP contribution in [0.15, 0.2) is 24.3 Å². The molecule has 0 radical (unpaired) electrons. The molecular formula is C16H22O4.